The molecule has 0 aliphatic heterocycles. The molecular weight excluding hydrogens is 330 g/mol. The highest BCUT2D eigenvalue weighted by Gasteiger charge is 2.15. The van der Waals surface area contributed by atoms with Crippen molar-refractivity contribution in [1.82, 2.24) is 5.32 Å². The molecule has 0 saturated heterocycles. The van der Waals surface area contributed by atoms with Crippen molar-refractivity contribution >= 4 is 21.4 Å². The average molecular weight is 352 g/mol. The molecular formula is C18H22ClNO2S. The maximum atomic E-state index is 12.3. The van der Waals surface area contributed by atoms with Crippen LogP contribution in [-0.4, -0.2) is 20.7 Å². The molecule has 124 valence electrons. The zero-order valence-corrected chi connectivity index (χ0v) is 15.0. The van der Waals surface area contributed by atoms with Crippen molar-refractivity contribution < 1.29 is 8.42 Å². The summed E-state index contributed by atoms with van der Waals surface area (Å²) in [5.74, 6) is 0.0665. The summed E-state index contributed by atoms with van der Waals surface area (Å²) in [6.07, 6.45) is 0.907. The first-order valence-electron chi connectivity index (χ1n) is 7.70. The molecule has 2 aromatic carbocycles. The van der Waals surface area contributed by atoms with Crippen molar-refractivity contribution in [2.24, 2.45) is 0 Å². The Bertz CT molecular complexity index is 725. The molecule has 0 radical (unpaired) electrons. The molecule has 0 heterocycles. The lowest BCUT2D eigenvalue weighted by atomic mass is 10.0. The van der Waals surface area contributed by atoms with Gasteiger partial charge in [0.25, 0.3) is 0 Å². The van der Waals surface area contributed by atoms with E-state index in [9.17, 15) is 8.42 Å². The molecule has 0 amide bonds. The smallest absolute Gasteiger partial charge is 0.179 e. The predicted molar refractivity (Wildman–Crippen MR) is 95.7 cm³/mol. The number of sulfone groups is 1. The van der Waals surface area contributed by atoms with Gasteiger partial charge in [-0.15, -0.1) is 0 Å². The summed E-state index contributed by atoms with van der Waals surface area (Å²) in [5, 5.41) is 3.87. The van der Waals surface area contributed by atoms with E-state index in [0.29, 0.717) is 16.5 Å². The quantitative estimate of drug-likeness (QED) is 0.814. The molecule has 0 bridgehead atoms. The van der Waals surface area contributed by atoms with Crippen molar-refractivity contribution in [1.29, 1.82) is 0 Å². The molecule has 23 heavy (non-hydrogen) atoms. The van der Waals surface area contributed by atoms with Gasteiger partial charge in [0.1, 0.15) is 0 Å². The fraction of sp³-hybridized carbons (Fsp3) is 0.333. The number of hydrogen-bond donors (Lipinski definition) is 1. The molecule has 5 heteroatoms. The highest BCUT2D eigenvalue weighted by atomic mass is 35.5. The average Bonchev–Trinajstić information content (AvgIpc) is 2.53. The zero-order chi connectivity index (χ0) is 16.9. The van der Waals surface area contributed by atoms with Crippen LogP contribution in [0.5, 0.6) is 0 Å². The van der Waals surface area contributed by atoms with Crippen LogP contribution in [0, 0.1) is 6.92 Å². The Balaban J connectivity index is 1.97. The maximum Gasteiger partial charge on any atom is 0.179 e. The molecule has 1 N–H and O–H groups in total. The van der Waals surface area contributed by atoms with E-state index >= 15 is 0 Å². The summed E-state index contributed by atoms with van der Waals surface area (Å²) in [5.41, 5.74) is 2.40. The molecule has 3 nitrogen and oxygen atoms in total. The van der Waals surface area contributed by atoms with Gasteiger partial charge in [-0.1, -0.05) is 48.4 Å². The Kier molecular flexibility index (Phi) is 6.22. The fourth-order valence-electron chi connectivity index (χ4n) is 2.42. The van der Waals surface area contributed by atoms with Gasteiger partial charge in [-0.25, -0.2) is 8.42 Å². The van der Waals surface area contributed by atoms with Crippen molar-refractivity contribution in [2.45, 2.75) is 31.2 Å². The predicted octanol–water partition coefficient (Wildman–Crippen LogP) is 4.16. The largest absolute Gasteiger partial charge is 0.309 e. The van der Waals surface area contributed by atoms with Gasteiger partial charge in [-0.3, -0.25) is 0 Å². The summed E-state index contributed by atoms with van der Waals surface area (Å²) in [6, 6.07) is 14.8. The van der Waals surface area contributed by atoms with Crippen molar-refractivity contribution in [3.05, 3.63) is 64.7 Å². The maximum absolute atomic E-state index is 12.3. The van der Waals surface area contributed by atoms with E-state index in [2.05, 4.69) is 43.4 Å². The van der Waals surface area contributed by atoms with Gasteiger partial charge in [-0.05, 0) is 43.2 Å². The SMILES string of the molecule is CCC(NCCS(=O)(=O)c1ccc(Cl)cc1)c1ccc(C)cc1. The molecule has 1 unspecified atom stereocenters. The lowest BCUT2D eigenvalue weighted by Gasteiger charge is -2.17. The second-order valence-electron chi connectivity index (χ2n) is 5.60. The van der Waals surface area contributed by atoms with E-state index in [4.69, 9.17) is 11.6 Å². The highest BCUT2D eigenvalue weighted by molar-refractivity contribution is 7.91. The van der Waals surface area contributed by atoms with E-state index in [0.717, 1.165) is 6.42 Å². The monoisotopic (exact) mass is 351 g/mol. The highest BCUT2D eigenvalue weighted by Crippen LogP contribution is 2.18. The first kappa shape index (κ1) is 18.0. The third-order valence-corrected chi connectivity index (χ3v) is 5.81. The van der Waals surface area contributed by atoms with Crippen LogP contribution in [0.3, 0.4) is 0 Å². The van der Waals surface area contributed by atoms with Crippen LogP contribution in [-0.2, 0) is 9.84 Å². The Morgan fingerprint density at radius 1 is 1.04 bits per heavy atom. The van der Waals surface area contributed by atoms with Crippen LogP contribution in [0.25, 0.3) is 0 Å². The Morgan fingerprint density at radius 3 is 2.22 bits per heavy atom. The summed E-state index contributed by atoms with van der Waals surface area (Å²) in [7, 11) is -3.29. The van der Waals surface area contributed by atoms with Crippen molar-refractivity contribution in [3.63, 3.8) is 0 Å². The van der Waals surface area contributed by atoms with Crippen LogP contribution in [0.2, 0.25) is 5.02 Å². The molecule has 0 spiro atoms. The molecule has 2 aromatic rings. The molecule has 0 fully saturated rings. The minimum atomic E-state index is -3.29. The minimum absolute atomic E-state index is 0.0665. The van der Waals surface area contributed by atoms with Gasteiger partial charge in [-0.2, -0.15) is 0 Å². The number of nitrogens with one attached hydrogen (secondary N) is 1. The number of hydrogen-bond acceptors (Lipinski definition) is 3. The number of aryl methyl sites for hydroxylation is 1. The lowest BCUT2D eigenvalue weighted by molar-refractivity contribution is 0.531. The molecule has 0 saturated carbocycles. The second kappa shape index (κ2) is 7.95. The van der Waals surface area contributed by atoms with Gasteiger partial charge < -0.3 is 5.32 Å². The van der Waals surface area contributed by atoms with Crippen molar-refractivity contribution in [2.75, 3.05) is 12.3 Å². The van der Waals surface area contributed by atoms with E-state index in [1.165, 1.54) is 11.1 Å². The minimum Gasteiger partial charge on any atom is -0.309 e. The Morgan fingerprint density at radius 2 is 1.65 bits per heavy atom. The fourth-order valence-corrected chi connectivity index (χ4v) is 3.72. The van der Waals surface area contributed by atoms with Gasteiger partial charge in [0.15, 0.2) is 9.84 Å². The molecule has 0 aliphatic rings. The zero-order valence-electron chi connectivity index (χ0n) is 13.4. The van der Waals surface area contributed by atoms with Crippen molar-refractivity contribution in [3.8, 4) is 0 Å². The van der Waals surface area contributed by atoms with Crippen LogP contribution in [0.1, 0.15) is 30.5 Å². The third-order valence-electron chi connectivity index (χ3n) is 3.82. The molecule has 2 rings (SSSR count). The van der Waals surface area contributed by atoms with Crippen LogP contribution >= 0.6 is 11.6 Å². The van der Waals surface area contributed by atoms with Gasteiger partial charge in [0.05, 0.1) is 10.6 Å². The summed E-state index contributed by atoms with van der Waals surface area (Å²) < 4.78 is 24.6. The summed E-state index contributed by atoms with van der Waals surface area (Å²) in [6.45, 7) is 4.55. The van der Waals surface area contributed by atoms with E-state index in [1.54, 1.807) is 24.3 Å². The standard InChI is InChI=1S/C18H22ClNO2S/c1-3-18(15-6-4-14(2)5-7-15)20-12-13-23(21,22)17-10-8-16(19)9-11-17/h4-11,18,20H,3,12-13H2,1-2H3. The van der Waals surface area contributed by atoms with Gasteiger partial charge in [0.2, 0.25) is 0 Å². The van der Waals surface area contributed by atoms with Crippen LogP contribution < -0.4 is 5.32 Å². The Labute approximate surface area is 143 Å². The van der Waals surface area contributed by atoms with E-state index in [-0.39, 0.29) is 11.8 Å². The first-order valence-corrected chi connectivity index (χ1v) is 9.73. The number of benzene rings is 2. The number of rotatable bonds is 7. The topological polar surface area (TPSA) is 46.2 Å². The van der Waals surface area contributed by atoms with Gasteiger partial charge >= 0.3 is 0 Å². The number of halogens is 1. The Hall–Kier alpha value is -1.36. The first-order chi connectivity index (χ1) is 10.9. The summed E-state index contributed by atoms with van der Waals surface area (Å²) >= 11 is 5.80. The second-order valence-corrected chi connectivity index (χ2v) is 8.14. The normalized spacial score (nSPS) is 13.0. The van der Waals surface area contributed by atoms with Crippen LogP contribution in [0.15, 0.2) is 53.4 Å². The van der Waals surface area contributed by atoms with E-state index < -0.39 is 9.84 Å². The molecule has 0 aromatic heterocycles. The summed E-state index contributed by atoms with van der Waals surface area (Å²) in [4.78, 5) is 0.312. The lowest BCUT2D eigenvalue weighted by Crippen LogP contribution is -2.27. The molecule has 1 atom stereocenters. The van der Waals surface area contributed by atoms with E-state index in [1.807, 2.05) is 0 Å². The van der Waals surface area contributed by atoms with Gasteiger partial charge in [0, 0.05) is 17.6 Å². The molecule has 0 aliphatic carbocycles. The third kappa shape index (κ3) is 5.06. The van der Waals surface area contributed by atoms with Crippen LogP contribution in [0.4, 0.5) is 0 Å².